The van der Waals surface area contributed by atoms with Crippen molar-refractivity contribution in [3.05, 3.63) is 33.9 Å². The Bertz CT molecular complexity index is 716. The predicted octanol–water partition coefficient (Wildman–Crippen LogP) is 3.71. The van der Waals surface area contributed by atoms with E-state index in [2.05, 4.69) is 38.0 Å². The molecule has 0 unspecified atom stereocenters. The summed E-state index contributed by atoms with van der Waals surface area (Å²) in [4.78, 5) is 13.9. The Kier molecular flexibility index (Phi) is 4.72. The molecule has 0 saturated carbocycles. The number of nitrogens with one attached hydrogen (secondary N) is 1. The Morgan fingerprint density at radius 2 is 2.17 bits per heavy atom. The average Bonchev–Trinajstić information content (AvgIpc) is 2.50. The molecule has 4 nitrogen and oxygen atoms in total. The lowest BCUT2D eigenvalue weighted by molar-refractivity contribution is -0.116. The normalized spacial score (nSPS) is 19.8. The highest BCUT2D eigenvalue weighted by atomic mass is 35.5. The number of benzene rings is 1. The highest BCUT2D eigenvalue weighted by Crippen LogP contribution is 2.44. The maximum absolute atomic E-state index is 11.7. The van der Waals surface area contributed by atoms with Crippen molar-refractivity contribution in [3.8, 4) is 6.07 Å². The molecule has 1 aliphatic heterocycles. The van der Waals surface area contributed by atoms with Crippen molar-refractivity contribution in [2.45, 2.75) is 38.6 Å². The molecule has 0 spiro atoms. The molecule has 0 fully saturated rings. The SMILES string of the molecule is CNC(=O)/C(C#N)=C\c1cc2c(cc1Cl)N(C)C(C)(C)C[C@H]2C. The fourth-order valence-electron chi connectivity index (χ4n) is 3.15. The molecular weight excluding hydrogens is 310 g/mol. The Labute approximate surface area is 142 Å². The van der Waals surface area contributed by atoms with E-state index >= 15 is 0 Å². The van der Waals surface area contributed by atoms with Crippen LogP contribution in [0.1, 0.15) is 44.2 Å². The summed E-state index contributed by atoms with van der Waals surface area (Å²) in [6, 6.07) is 5.85. The Morgan fingerprint density at radius 3 is 2.74 bits per heavy atom. The highest BCUT2D eigenvalue weighted by molar-refractivity contribution is 6.32. The predicted molar refractivity (Wildman–Crippen MR) is 94.6 cm³/mol. The third-order valence-corrected chi connectivity index (χ3v) is 4.97. The molecule has 1 atom stereocenters. The van der Waals surface area contributed by atoms with Gasteiger partial charge in [-0.1, -0.05) is 18.5 Å². The first kappa shape index (κ1) is 17.4. The van der Waals surface area contributed by atoms with Crippen molar-refractivity contribution in [1.29, 1.82) is 5.26 Å². The van der Waals surface area contributed by atoms with Gasteiger partial charge in [-0.15, -0.1) is 0 Å². The summed E-state index contributed by atoms with van der Waals surface area (Å²) in [5.41, 5.74) is 3.11. The van der Waals surface area contributed by atoms with Crippen LogP contribution in [0.2, 0.25) is 5.02 Å². The van der Waals surface area contributed by atoms with Gasteiger partial charge in [0.1, 0.15) is 11.6 Å². The minimum atomic E-state index is -0.410. The van der Waals surface area contributed by atoms with Gasteiger partial charge in [-0.2, -0.15) is 5.26 Å². The zero-order chi connectivity index (χ0) is 17.4. The third-order valence-electron chi connectivity index (χ3n) is 4.64. The lowest BCUT2D eigenvalue weighted by Gasteiger charge is -2.45. The number of rotatable bonds is 2. The van der Waals surface area contributed by atoms with Crippen LogP contribution in [-0.2, 0) is 4.79 Å². The summed E-state index contributed by atoms with van der Waals surface area (Å²) in [7, 11) is 3.57. The zero-order valence-corrected chi connectivity index (χ0v) is 15.0. The van der Waals surface area contributed by atoms with E-state index < -0.39 is 5.91 Å². The number of fused-ring (bicyclic) bond motifs is 1. The van der Waals surface area contributed by atoms with Gasteiger partial charge in [0.2, 0.25) is 0 Å². The summed E-state index contributed by atoms with van der Waals surface area (Å²) >= 11 is 6.40. The number of hydrogen-bond acceptors (Lipinski definition) is 3. The van der Waals surface area contributed by atoms with Crippen molar-refractivity contribution in [2.75, 3.05) is 19.0 Å². The van der Waals surface area contributed by atoms with Gasteiger partial charge in [0.25, 0.3) is 5.91 Å². The Hall–Kier alpha value is -1.99. The van der Waals surface area contributed by atoms with Gasteiger partial charge in [-0.3, -0.25) is 4.79 Å². The van der Waals surface area contributed by atoms with Gasteiger partial charge in [0.15, 0.2) is 0 Å². The zero-order valence-electron chi connectivity index (χ0n) is 14.2. The van der Waals surface area contributed by atoms with Crippen LogP contribution in [0, 0.1) is 11.3 Å². The second kappa shape index (κ2) is 6.25. The topological polar surface area (TPSA) is 56.1 Å². The molecule has 1 amide bonds. The number of halogens is 1. The lowest BCUT2D eigenvalue weighted by Crippen LogP contribution is -2.45. The van der Waals surface area contributed by atoms with E-state index in [-0.39, 0.29) is 11.1 Å². The van der Waals surface area contributed by atoms with Crippen LogP contribution in [0.25, 0.3) is 6.08 Å². The molecular formula is C18H22ClN3O. The third kappa shape index (κ3) is 3.20. The number of anilines is 1. The molecule has 2 rings (SSSR count). The van der Waals surface area contributed by atoms with Crippen molar-refractivity contribution >= 4 is 29.3 Å². The molecule has 5 heteroatoms. The molecule has 122 valence electrons. The largest absolute Gasteiger partial charge is 0.369 e. The maximum atomic E-state index is 11.7. The minimum absolute atomic E-state index is 0.0477. The average molecular weight is 332 g/mol. The van der Waals surface area contributed by atoms with Gasteiger partial charge in [0, 0.05) is 30.3 Å². The Balaban J connectivity index is 2.56. The van der Waals surface area contributed by atoms with E-state index in [1.165, 1.54) is 12.6 Å². The van der Waals surface area contributed by atoms with Crippen molar-refractivity contribution < 1.29 is 4.79 Å². The number of carbonyl (C=O) groups is 1. The van der Waals surface area contributed by atoms with Crippen LogP contribution in [0.3, 0.4) is 0 Å². The number of nitrogens with zero attached hydrogens (tertiary/aromatic N) is 2. The molecule has 1 heterocycles. The highest BCUT2D eigenvalue weighted by Gasteiger charge is 2.34. The van der Waals surface area contributed by atoms with E-state index in [1.807, 2.05) is 18.2 Å². The number of carbonyl (C=O) groups excluding carboxylic acids is 1. The van der Waals surface area contributed by atoms with E-state index in [0.29, 0.717) is 16.5 Å². The van der Waals surface area contributed by atoms with Gasteiger partial charge in [-0.25, -0.2) is 0 Å². The number of nitriles is 1. The number of hydrogen-bond donors (Lipinski definition) is 1. The van der Waals surface area contributed by atoms with Crippen LogP contribution in [-0.4, -0.2) is 25.5 Å². The van der Waals surface area contributed by atoms with E-state index in [1.54, 1.807) is 6.08 Å². The monoisotopic (exact) mass is 331 g/mol. The van der Waals surface area contributed by atoms with Crippen molar-refractivity contribution in [2.24, 2.45) is 0 Å². The standard InChI is InChI=1S/C18H22ClN3O/c1-11-9-18(2,3)22(5)16-8-15(19)12(7-14(11)16)6-13(10-20)17(23)21-4/h6-8,11H,9H2,1-5H3,(H,21,23)/b13-6-/t11-/m1/s1. The van der Waals surface area contributed by atoms with E-state index in [4.69, 9.17) is 16.9 Å². The summed E-state index contributed by atoms with van der Waals surface area (Å²) in [5, 5.41) is 12.2. The first-order chi connectivity index (χ1) is 10.7. The molecule has 1 N–H and O–H groups in total. The number of amides is 1. The molecule has 1 aromatic carbocycles. The van der Waals surface area contributed by atoms with Crippen LogP contribution in [0.5, 0.6) is 0 Å². The summed E-state index contributed by atoms with van der Waals surface area (Å²) in [5.74, 6) is -0.0289. The van der Waals surface area contributed by atoms with Gasteiger partial charge in [0.05, 0.1) is 0 Å². The molecule has 0 saturated heterocycles. The lowest BCUT2D eigenvalue weighted by atomic mass is 9.80. The van der Waals surface area contributed by atoms with E-state index in [0.717, 1.165) is 12.1 Å². The maximum Gasteiger partial charge on any atom is 0.261 e. The fraction of sp³-hybridized carbons (Fsp3) is 0.444. The quantitative estimate of drug-likeness (QED) is 0.664. The summed E-state index contributed by atoms with van der Waals surface area (Å²) in [6.07, 6.45) is 2.58. The smallest absolute Gasteiger partial charge is 0.261 e. The molecule has 1 aliphatic rings. The van der Waals surface area contributed by atoms with Gasteiger partial charge < -0.3 is 10.2 Å². The number of likely N-dealkylation sites (N-methyl/N-ethyl adjacent to an activating group) is 1. The summed E-state index contributed by atoms with van der Waals surface area (Å²) in [6.45, 7) is 6.62. The van der Waals surface area contributed by atoms with Crippen molar-refractivity contribution in [3.63, 3.8) is 0 Å². The molecule has 23 heavy (non-hydrogen) atoms. The van der Waals surface area contributed by atoms with Gasteiger partial charge in [-0.05, 0) is 55.5 Å². The molecule has 1 aromatic rings. The Morgan fingerprint density at radius 1 is 1.52 bits per heavy atom. The van der Waals surface area contributed by atoms with Gasteiger partial charge >= 0.3 is 0 Å². The first-order valence-electron chi connectivity index (χ1n) is 7.62. The van der Waals surface area contributed by atoms with Crippen molar-refractivity contribution in [1.82, 2.24) is 5.32 Å². The van der Waals surface area contributed by atoms with Crippen LogP contribution in [0.4, 0.5) is 5.69 Å². The first-order valence-corrected chi connectivity index (χ1v) is 8.00. The van der Waals surface area contributed by atoms with E-state index in [9.17, 15) is 4.79 Å². The molecule has 0 aliphatic carbocycles. The van der Waals surface area contributed by atoms with Crippen LogP contribution >= 0.6 is 11.6 Å². The molecule has 0 bridgehead atoms. The minimum Gasteiger partial charge on any atom is -0.369 e. The molecule has 0 aromatic heterocycles. The van der Waals surface area contributed by atoms with Crippen LogP contribution < -0.4 is 10.2 Å². The summed E-state index contributed by atoms with van der Waals surface area (Å²) < 4.78 is 0. The second-order valence-electron chi connectivity index (χ2n) is 6.66. The van der Waals surface area contributed by atoms with Crippen LogP contribution in [0.15, 0.2) is 17.7 Å². The molecule has 0 radical (unpaired) electrons. The second-order valence-corrected chi connectivity index (χ2v) is 7.07. The fourth-order valence-corrected chi connectivity index (χ4v) is 3.37.